The van der Waals surface area contributed by atoms with Crippen LogP contribution < -0.4 is 5.84 Å². The number of nitrogens with two attached hydrogens (primary N) is 1. The van der Waals surface area contributed by atoms with E-state index in [0.717, 1.165) is 0 Å². The van der Waals surface area contributed by atoms with Gasteiger partial charge in [-0.3, -0.25) is 5.84 Å². The number of hydrogen-bond donors (Lipinski definition) is 1. The van der Waals surface area contributed by atoms with E-state index < -0.39 is 0 Å². The summed E-state index contributed by atoms with van der Waals surface area (Å²) in [5.74, 6) is 5.76. The third kappa shape index (κ3) is 2.11. The topological polar surface area (TPSA) is 29.3 Å². The Labute approximate surface area is 69.1 Å². The zero-order chi connectivity index (χ0) is 6.85. The molecule has 2 unspecified atom stereocenters. The van der Waals surface area contributed by atoms with Gasteiger partial charge in [0.05, 0.1) is 0 Å². The average molecular weight is 165 g/mol. The van der Waals surface area contributed by atoms with Crippen LogP contribution in [0, 0.1) is 0 Å². The SMILES string of the molecule is CC1CCCC(C)N1N.Cl. The largest absolute Gasteiger partial charge is 0.268 e. The zero-order valence-electron chi connectivity index (χ0n) is 6.71. The van der Waals surface area contributed by atoms with E-state index in [1.54, 1.807) is 0 Å². The van der Waals surface area contributed by atoms with E-state index in [-0.39, 0.29) is 12.4 Å². The number of rotatable bonds is 0. The maximum absolute atomic E-state index is 5.76. The minimum absolute atomic E-state index is 0. The molecule has 10 heavy (non-hydrogen) atoms. The van der Waals surface area contributed by atoms with Crippen LogP contribution in [0.1, 0.15) is 33.1 Å². The van der Waals surface area contributed by atoms with Crippen LogP contribution in [-0.2, 0) is 0 Å². The molecule has 0 aliphatic carbocycles. The van der Waals surface area contributed by atoms with E-state index >= 15 is 0 Å². The van der Waals surface area contributed by atoms with Crippen molar-refractivity contribution < 1.29 is 0 Å². The maximum atomic E-state index is 5.76. The van der Waals surface area contributed by atoms with Crippen LogP contribution in [0.5, 0.6) is 0 Å². The van der Waals surface area contributed by atoms with Crippen molar-refractivity contribution in [1.29, 1.82) is 0 Å². The molecule has 1 fully saturated rings. The standard InChI is InChI=1S/C7H16N2.ClH/c1-6-4-3-5-7(2)9(6)8;/h6-7H,3-5,8H2,1-2H3;1H. The summed E-state index contributed by atoms with van der Waals surface area (Å²) in [5.41, 5.74) is 0. The normalized spacial score (nSPS) is 35.1. The van der Waals surface area contributed by atoms with Gasteiger partial charge in [-0.15, -0.1) is 12.4 Å². The molecule has 1 aliphatic rings. The van der Waals surface area contributed by atoms with Crippen LogP contribution >= 0.6 is 12.4 Å². The predicted octanol–water partition coefficient (Wildman–Crippen LogP) is 1.54. The molecule has 3 heteroatoms. The fourth-order valence-corrected chi connectivity index (χ4v) is 1.44. The van der Waals surface area contributed by atoms with Gasteiger partial charge < -0.3 is 0 Å². The number of nitrogens with zero attached hydrogens (tertiary/aromatic N) is 1. The lowest BCUT2D eigenvalue weighted by atomic mass is 10.0. The third-order valence-corrected chi connectivity index (χ3v) is 2.26. The van der Waals surface area contributed by atoms with Gasteiger partial charge in [0.25, 0.3) is 0 Å². The first-order valence-electron chi connectivity index (χ1n) is 3.75. The van der Waals surface area contributed by atoms with Crippen molar-refractivity contribution >= 4 is 12.4 Å². The third-order valence-electron chi connectivity index (χ3n) is 2.26. The molecule has 0 aromatic carbocycles. The van der Waals surface area contributed by atoms with Gasteiger partial charge in [0.2, 0.25) is 0 Å². The van der Waals surface area contributed by atoms with E-state index in [9.17, 15) is 0 Å². The second kappa shape index (κ2) is 4.16. The van der Waals surface area contributed by atoms with Crippen LogP contribution in [-0.4, -0.2) is 17.1 Å². The van der Waals surface area contributed by atoms with E-state index in [4.69, 9.17) is 5.84 Å². The van der Waals surface area contributed by atoms with Crippen LogP contribution in [0.4, 0.5) is 0 Å². The molecule has 62 valence electrons. The fraction of sp³-hybridized carbons (Fsp3) is 1.00. The Balaban J connectivity index is 0.000000810. The first kappa shape index (κ1) is 10.2. The van der Waals surface area contributed by atoms with E-state index in [2.05, 4.69) is 13.8 Å². The molecular weight excluding hydrogens is 148 g/mol. The summed E-state index contributed by atoms with van der Waals surface area (Å²) in [5, 5.41) is 1.98. The molecule has 2 atom stereocenters. The Hall–Kier alpha value is 0.210. The monoisotopic (exact) mass is 164 g/mol. The molecule has 2 N–H and O–H groups in total. The first-order chi connectivity index (χ1) is 4.22. The first-order valence-corrected chi connectivity index (χ1v) is 3.75. The summed E-state index contributed by atoms with van der Waals surface area (Å²) >= 11 is 0. The van der Waals surface area contributed by atoms with Crippen LogP contribution in [0.3, 0.4) is 0 Å². The lowest BCUT2D eigenvalue weighted by Gasteiger charge is -2.34. The molecule has 0 saturated carbocycles. The fourth-order valence-electron chi connectivity index (χ4n) is 1.44. The van der Waals surface area contributed by atoms with Crippen molar-refractivity contribution in [3.05, 3.63) is 0 Å². The van der Waals surface area contributed by atoms with Crippen molar-refractivity contribution in [2.45, 2.75) is 45.2 Å². The number of hydrazine groups is 1. The highest BCUT2D eigenvalue weighted by molar-refractivity contribution is 5.85. The smallest absolute Gasteiger partial charge is 0.0215 e. The van der Waals surface area contributed by atoms with Gasteiger partial charge in [0.15, 0.2) is 0 Å². The number of halogens is 1. The molecule has 2 nitrogen and oxygen atoms in total. The van der Waals surface area contributed by atoms with Gasteiger partial charge in [0.1, 0.15) is 0 Å². The quantitative estimate of drug-likeness (QED) is 0.551. The lowest BCUT2D eigenvalue weighted by molar-refractivity contribution is 0.105. The molecule has 1 heterocycles. The van der Waals surface area contributed by atoms with Crippen molar-refractivity contribution in [2.24, 2.45) is 5.84 Å². The van der Waals surface area contributed by atoms with E-state index in [0.29, 0.717) is 12.1 Å². The Morgan fingerprint density at radius 1 is 1.20 bits per heavy atom. The maximum Gasteiger partial charge on any atom is 0.0215 e. The van der Waals surface area contributed by atoms with Gasteiger partial charge in [-0.25, -0.2) is 5.01 Å². The van der Waals surface area contributed by atoms with Crippen LogP contribution in [0.15, 0.2) is 0 Å². The highest BCUT2D eigenvalue weighted by Gasteiger charge is 2.20. The number of hydrogen-bond acceptors (Lipinski definition) is 2. The Morgan fingerprint density at radius 2 is 1.60 bits per heavy atom. The molecule has 1 saturated heterocycles. The average Bonchev–Trinajstić information content (AvgIpc) is 1.83. The van der Waals surface area contributed by atoms with E-state index in [1.165, 1.54) is 19.3 Å². The van der Waals surface area contributed by atoms with E-state index in [1.807, 2.05) is 5.01 Å². The highest BCUT2D eigenvalue weighted by atomic mass is 35.5. The van der Waals surface area contributed by atoms with Gasteiger partial charge in [-0.1, -0.05) is 6.42 Å². The summed E-state index contributed by atoms with van der Waals surface area (Å²) in [6.45, 7) is 4.38. The summed E-state index contributed by atoms with van der Waals surface area (Å²) in [6, 6.07) is 1.18. The summed E-state index contributed by atoms with van der Waals surface area (Å²) in [7, 11) is 0. The van der Waals surface area contributed by atoms with Crippen molar-refractivity contribution in [3.63, 3.8) is 0 Å². The molecule has 0 amide bonds. The van der Waals surface area contributed by atoms with Gasteiger partial charge in [0, 0.05) is 12.1 Å². The summed E-state index contributed by atoms with van der Waals surface area (Å²) in [4.78, 5) is 0. The van der Waals surface area contributed by atoms with Crippen molar-refractivity contribution in [1.82, 2.24) is 5.01 Å². The minimum atomic E-state index is 0. The van der Waals surface area contributed by atoms with Crippen molar-refractivity contribution in [2.75, 3.05) is 0 Å². The second-order valence-corrected chi connectivity index (χ2v) is 3.08. The zero-order valence-corrected chi connectivity index (χ0v) is 7.53. The highest BCUT2D eigenvalue weighted by Crippen LogP contribution is 2.18. The number of piperidine rings is 1. The predicted molar refractivity (Wildman–Crippen MR) is 46.0 cm³/mol. The van der Waals surface area contributed by atoms with Crippen LogP contribution in [0.2, 0.25) is 0 Å². The van der Waals surface area contributed by atoms with Crippen molar-refractivity contribution in [3.8, 4) is 0 Å². The summed E-state index contributed by atoms with van der Waals surface area (Å²) in [6.07, 6.45) is 3.87. The molecule has 0 radical (unpaired) electrons. The van der Waals surface area contributed by atoms with Gasteiger partial charge >= 0.3 is 0 Å². The molecule has 0 spiro atoms. The second-order valence-electron chi connectivity index (χ2n) is 3.08. The molecule has 1 rings (SSSR count). The molecular formula is C7H17ClN2. The Bertz CT molecular complexity index is 87.6. The molecule has 0 aromatic rings. The Kier molecular flexibility index (Phi) is 4.25. The minimum Gasteiger partial charge on any atom is -0.268 e. The van der Waals surface area contributed by atoms with Crippen LogP contribution in [0.25, 0.3) is 0 Å². The molecule has 0 bridgehead atoms. The van der Waals surface area contributed by atoms with Gasteiger partial charge in [-0.2, -0.15) is 0 Å². The molecule has 1 aliphatic heterocycles. The summed E-state index contributed by atoms with van der Waals surface area (Å²) < 4.78 is 0. The lowest BCUT2D eigenvalue weighted by Crippen LogP contribution is -2.48. The molecule has 0 aromatic heterocycles. The Morgan fingerprint density at radius 3 is 1.90 bits per heavy atom. The van der Waals surface area contributed by atoms with Gasteiger partial charge in [-0.05, 0) is 26.7 Å².